The Labute approximate surface area is 125 Å². The van der Waals surface area contributed by atoms with Crippen molar-refractivity contribution in [3.05, 3.63) is 28.2 Å². The number of nitrogens with zero attached hydrogens (tertiary/aromatic N) is 1. The zero-order chi connectivity index (χ0) is 14.8. The molecule has 1 N–H and O–H groups in total. The molecule has 1 aromatic rings. The molecule has 1 aromatic carbocycles. The monoisotopic (exact) mass is 350 g/mol. The molecule has 1 heterocycles. The number of anilines is 1. The standard InChI is InChI=1S/C14H18BrF3N2/c1-19-9-11-4-2-3-7-20(11)13-8-10(15)5-6-12(13)14(16,17)18/h5-6,8,11,19H,2-4,7,9H2,1H3. The topological polar surface area (TPSA) is 15.3 Å². The number of rotatable bonds is 3. The van der Waals surface area contributed by atoms with E-state index >= 15 is 0 Å². The largest absolute Gasteiger partial charge is 0.418 e. The maximum Gasteiger partial charge on any atom is 0.418 e. The average molecular weight is 351 g/mol. The lowest BCUT2D eigenvalue weighted by atomic mass is 9.99. The fraction of sp³-hybridized carbons (Fsp3) is 0.571. The minimum atomic E-state index is -4.32. The van der Waals surface area contributed by atoms with Crippen molar-refractivity contribution >= 4 is 21.6 Å². The molecule has 0 radical (unpaired) electrons. The van der Waals surface area contributed by atoms with Crippen molar-refractivity contribution in [3.63, 3.8) is 0 Å². The van der Waals surface area contributed by atoms with Crippen LogP contribution in [0.5, 0.6) is 0 Å². The smallest absolute Gasteiger partial charge is 0.367 e. The number of halogens is 4. The number of benzene rings is 1. The molecular formula is C14H18BrF3N2. The first-order valence-corrected chi connectivity index (χ1v) is 7.51. The SMILES string of the molecule is CNCC1CCCCN1c1cc(Br)ccc1C(F)(F)F. The highest BCUT2D eigenvalue weighted by Crippen LogP contribution is 2.40. The number of alkyl halides is 3. The Balaban J connectivity index is 2.40. The molecule has 1 aliphatic rings. The number of likely N-dealkylation sites (N-methyl/N-ethyl adjacent to an activating group) is 1. The summed E-state index contributed by atoms with van der Waals surface area (Å²) in [7, 11) is 1.83. The number of nitrogens with one attached hydrogen (secondary N) is 1. The third-order valence-electron chi connectivity index (χ3n) is 3.64. The summed E-state index contributed by atoms with van der Waals surface area (Å²) in [6.07, 6.45) is -1.40. The van der Waals surface area contributed by atoms with Crippen LogP contribution in [0, 0.1) is 0 Å². The van der Waals surface area contributed by atoms with E-state index in [0.717, 1.165) is 25.3 Å². The molecule has 1 unspecified atom stereocenters. The van der Waals surface area contributed by atoms with E-state index in [2.05, 4.69) is 21.2 Å². The lowest BCUT2D eigenvalue weighted by Crippen LogP contribution is -2.45. The van der Waals surface area contributed by atoms with Crippen LogP contribution in [0.3, 0.4) is 0 Å². The van der Waals surface area contributed by atoms with Crippen molar-refractivity contribution in [1.82, 2.24) is 5.32 Å². The molecule has 1 atom stereocenters. The molecule has 20 heavy (non-hydrogen) atoms. The predicted octanol–water partition coefficient (Wildman–Crippen LogP) is 4.05. The van der Waals surface area contributed by atoms with E-state index < -0.39 is 11.7 Å². The van der Waals surface area contributed by atoms with Crippen LogP contribution in [0.25, 0.3) is 0 Å². The van der Waals surface area contributed by atoms with Gasteiger partial charge in [-0.1, -0.05) is 15.9 Å². The van der Waals surface area contributed by atoms with Gasteiger partial charge in [0.15, 0.2) is 0 Å². The highest BCUT2D eigenvalue weighted by atomic mass is 79.9. The summed E-state index contributed by atoms with van der Waals surface area (Å²) in [4.78, 5) is 1.90. The second kappa shape index (κ2) is 6.35. The summed E-state index contributed by atoms with van der Waals surface area (Å²) in [5.74, 6) is 0. The molecule has 0 bridgehead atoms. The van der Waals surface area contributed by atoms with E-state index in [0.29, 0.717) is 17.6 Å². The normalized spacial score (nSPS) is 20.2. The summed E-state index contributed by atoms with van der Waals surface area (Å²) < 4.78 is 40.2. The van der Waals surface area contributed by atoms with Gasteiger partial charge in [-0.05, 0) is 44.5 Å². The highest BCUT2D eigenvalue weighted by Gasteiger charge is 2.36. The number of hydrogen-bond donors (Lipinski definition) is 1. The molecule has 0 aliphatic carbocycles. The average Bonchev–Trinajstić information content (AvgIpc) is 2.38. The molecule has 1 aliphatic heterocycles. The third kappa shape index (κ3) is 3.47. The molecule has 0 saturated carbocycles. The van der Waals surface area contributed by atoms with Crippen LogP contribution in [0.2, 0.25) is 0 Å². The van der Waals surface area contributed by atoms with Gasteiger partial charge in [-0.3, -0.25) is 0 Å². The van der Waals surface area contributed by atoms with Gasteiger partial charge in [0, 0.05) is 23.6 Å². The Morgan fingerprint density at radius 3 is 2.75 bits per heavy atom. The summed E-state index contributed by atoms with van der Waals surface area (Å²) in [6.45, 7) is 1.37. The van der Waals surface area contributed by atoms with E-state index in [-0.39, 0.29) is 11.7 Å². The highest BCUT2D eigenvalue weighted by molar-refractivity contribution is 9.10. The van der Waals surface area contributed by atoms with Gasteiger partial charge in [0.05, 0.1) is 11.3 Å². The first kappa shape index (κ1) is 15.6. The van der Waals surface area contributed by atoms with Gasteiger partial charge in [-0.2, -0.15) is 13.2 Å². The van der Waals surface area contributed by atoms with Crippen LogP contribution in [0.4, 0.5) is 18.9 Å². The molecule has 0 aromatic heterocycles. The van der Waals surface area contributed by atoms with Gasteiger partial charge in [0.1, 0.15) is 0 Å². The molecule has 0 amide bonds. The van der Waals surface area contributed by atoms with Crippen molar-refractivity contribution in [2.24, 2.45) is 0 Å². The summed E-state index contributed by atoms with van der Waals surface area (Å²) in [6, 6.07) is 4.30. The first-order chi connectivity index (χ1) is 9.43. The fourth-order valence-corrected chi connectivity index (χ4v) is 3.10. The second-order valence-corrected chi connectivity index (χ2v) is 5.98. The van der Waals surface area contributed by atoms with Crippen molar-refractivity contribution in [3.8, 4) is 0 Å². The van der Waals surface area contributed by atoms with Gasteiger partial charge in [-0.25, -0.2) is 0 Å². The van der Waals surface area contributed by atoms with Crippen LogP contribution in [-0.4, -0.2) is 26.2 Å². The number of hydrogen-bond acceptors (Lipinski definition) is 2. The quantitative estimate of drug-likeness (QED) is 0.884. The van der Waals surface area contributed by atoms with Crippen molar-refractivity contribution in [2.45, 2.75) is 31.5 Å². The fourth-order valence-electron chi connectivity index (χ4n) is 2.75. The predicted molar refractivity (Wildman–Crippen MR) is 78.1 cm³/mol. The minimum absolute atomic E-state index is 0.115. The Hall–Kier alpha value is -0.750. The molecule has 2 nitrogen and oxygen atoms in total. The molecular weight excluding hydrogens is 333 g/mol. The lowest BCUT2D eigenvalue weighted by molar-refractivity contribution is -0.137. The van der Waals surface area contributed by atoms with Gasteiger partial charge >= 0.3 is 6.18 Å². The molecule has 1 saturated heterocycles. The molecule has 6 heteroatoms. The number of piperidine rings is 1. The second-order valence-electron chi connectivity index (χ2n) is 5.06. The molecule has 112 valence electrons. The van der Waals surface area contributed by atoms with Crippen molar-refractivity contribution in [2.75, 3.05) is 25.0 Å². The summed E-state index contributed by atoms with van der Waals surface area (Å²) >= 11 is 3.28. The molecule has 2 rings (SSSR count). The maximum absolute atomic E-state index is 13.2. The zero-order valence-electron chi connectivity index (χ0n) is 11.3. The van der Waals surface area contributed by atoms with Crippen LogP contribution >= 0.6 is 15.9 Å². The first-order valence-electron chi connectivity index (χ1n) is 6.71. The van der Waals surface area contributed by atoms with Gasteiger partial charge in [-0.15, -0.1) is 0 Å². The van der Waals surface area contributed by atoms with E-state index in [1.54, 1.807) is 6.07 Å². The van der Waals surface area contributed by atoms with E-state index in [1.807, 2.05) is 11.9 Å². The Morgan fingerprint density at radius 2 is 2.10 bits per heavy atom. The van der Waals surface area contributed by atoms with Crippen LogP contribution < -0.4 is 10.2 Å². The van der Waals surface area contributed by atoms with Crippen LogP contribution in [0.15, 0.2) is 22.7 Å². The van der Waals surface area contributed by atoms with Gasteiger partial charge in [0.25, 0.3) is 0 Å². The summed E-state index contributed by atoms with van der Waals surface area (Å²) in [5.41, 5.74) is -0.268. The minimum Gasteiger partial charge on any atom is -0.367 e. The molecule has 1 fully saturated rings. The Morgan fingerprint density at radius 1 is 1.35 bits per heavy atom. The zero-order valence-corrected chi connectivity index (χ0v) is 12.9. The lowest BCUT2D eigenvalue weighted by Gasteiger charge is -2.39. The summed E-state index contributed by atoms with van der Waals surface area (Å²) in [5, 5.41) is 3.08. The van der Waals surface area contributed by atoms with Gasteiger partial charge < -0.3 is 10.2 Å². The van der Waals surface area contributed by atoms with Crippen LogP contribution in [0.1, 0.15) is 24.8 Å². The van der Waals surface area contributed by atoms with Crippen molar-refractivity contribution in [1.29, 1.82) is 0 Å². The van der Waals surface area contributed by atoms with Crippen molar-refractivity contribution < 1.29 is 13.2 Å². The van der Waals surface area contributed by atoms with Gasteiger partial charge in [0.2, 0.25) is 0 Å². The van der Waals surface area contributed by atoms with Crippen LogP contribution in [-0.2, 0) is 6.18 Å². The third-order valence-corrected chi connectivity index (χ3v) is 4.13. The van der Waals surface area contributed by atoms with E-state index in [1.165, 1.54) is 6.07 Å². The maximum atomic E-state index is 13.2. The Kier molecular flexibility index (Phi) is 4.96. The van der Waals surface area contributed by atoms with E-state index in [4.69, 9.17) is 0 Å². The molecule has 0 spiro atoms. The van der Waals surface area contributed by atoms with E-state index in [9.17, 15) is 13.2 Å². The Bertz CT molecular complexity index is 460.